The summed E-state index contributed by atoms with van der Waals surface area (Å²) >= 11 is 1.76. The van der Waals surface area contributed by atoms with Crippen LogP contribution < -0.4 is 5.32 Å². The molecular weight excluding hydrogens is 284 g/mol. The van der Waals surface area contributed by atoms with Crippen molar-refractivity contribution in [3.63, 3.8) is 0 Å². The maximum atomic E-state index is 11.7. The largest absolute Gasteiger partial charge is 0.375 e. The van der Waals surface area contributed by atoms with Crippen molar-refractivity contribution in [2.45, 2.75) is 30.3 Å². The minimum Gasteiger partial charge on any atom is -0.375 e. The number of methoxy groups -OCH3 is 1. The number of thioether (sulfide) groups is 1. The van der Waals surface area contributed by atoms with E-state index in [4.69, 9.17) is 4.74 Å². The lowest BCUT2D eigenvalue weighted by molar-refractivity contribution is -0.136. The minimum atomic E-state index is 0.101. The summed E-state index contributed by atoms with van der Waals surface area (Å²) in [6, 6.07) is 9.17. The molecule has 0 atom stereocenters. The molecule has 21 heavy (non-hydrogen) atoms. The molecular formula is C16H24N2O2S. The molecule has 1 amide bonds. The second-order valence-electron chi connectivity index (χ2n) is 5.32. The fraction of sp³-hybridized carbons (Fsp3) is 0.562. The predicted molar refractivity (Wildman–Crippen MR) is 86.5 cm³/mol. The number of carbonyl (C=O) groups is 1. The molecule has 2 rings (SSSR count). The Labute approximate surface area is 131 Å². The molecule has 5 heteroatoms. The van der Waals surface area contributed by atoms with Crippen LogP contribution in [0, 0.1) is 0 Å². The number of amides is 1. The molecule has 0 radical (unpaired) electrons. The summed E-state index contributed by atoms with van der Waals surface area (Å²) in [4.78, 5) is 14.9. The fourth-order valence-electron chi connectivity index (χ4n) is 2.55. The number of hydrogen-bond donors (Lipinski definition) is 1. The highest BCUT2D eigenvalue weighted by molar-refractivity contribution is 7.98. The van der Waals surface area contributed by atoms with Gasteiger partial charge in [-0.2, -0.15) is 0 Å². The van der Waals surface area contributed by atoms with Crippen LogP contribution in [0.4, 0.5) is 0 Å². The molecule has 0 spiro atoms. The van der Waals surface area contributed by atoms with Gasteiger partial charge in [0.25, 0.3) is 0 Å². The van der Waals surface area contributed by atoms with Gasteiger partial charge in [0.05, 0.1) is 0 Å². The van der Waals surface area contributed by atoms with Gasteiger partial charge < -0.3 is 15.0 Å². The van der Waals surface area contributed by atoms with E-state index in [0.717, 1.165) is 32.5 Å². The molecule has 0 saturated carbocycles. The number of benzene rings is 1. The van der Waals surface area contributed by atoms with Gasteiger partial charge in [0.2, 0.25) is 5.91 Å². The quantitative estimate of drug-likeness (QED) is 0.818. The van der Waals surface area contributed by atoms with Crippen molar-refractivity contribution in [1.82, 2.24) is 10.2 Å². The topological polar surface area (TPSA) is 41.6 Å². The summed E-state index contributed by atoms with van der Waals surface area (Å²) in [5.41, 5.74) is 1.31. The first-order valence-electron chi connectivity index (χ1n) is 7.36. The van der Waals surface area contributed by atoms with Crippen molar-refractivity contribution < 1.29 is 9.53 Å². The van der Waals surface area contributed by atoms with Gasteiger partial charge in [-0.15, -0.1) is 11.8 Å². The van der Waals surface area contributed by atoms with Gasteiger partial charge in [-0.05, 0) is 36.8 Å². The summed E-state index contributed by atoms with van der Waals surface area (Å²) in [5.74, 6) is 0.101. The number of ether oxygens (including phenoxy) is 1. The van der Waals surface area contributed by atoms with Crippen molar-refractivity contribution >= 4 is 17.7 Å². The SMILES string of the molecule is COCC(=O)N1CCC(NCc2ccc(SC)cc2)CC1. The van der Waals surface area contributed by atoms with Gasteiger partial charge in [-0.25, -0.2) is 0 Å². The average molecular weight is 308 g/mol. The van der Waals surface area contributed by atoms with E-state index in [1.807, 2.05) is 4.90 Å². The van der Waals surface area contributed by atoms with Crippen LogP contribution in [-0.4, -0.2) is 49.9 Å². The Morgan fingerprint density at radius 2 is 2.00 bits per heavy atom. The van der Waals surface area contributed by atoms with Gasteiger partial charge in [-0.1, -0.05) is 12.1 Å². The molecule has 0 unspecified atom stereocenters. The second kappa shape index (κ2) is 8.41. The van der Waals surface area contributed by atoms with Gasteiger partial charge in [-0.3, -0.25) is 4.79 Å². The third kappa shape index (κ3) is 5.02. The van der Waals surface area contributed by atoms with E-state index < -0.39 is 0 Å². The molecule has 1 aliphatic heterocycles. The Hall–Kier alpha value is -1.04. The minimum absolute atomic E-state index is 0.101. The molecule has 1 fully saturated rings. The van der Waals surface area contributed by atoms with Gasteiger partial charge in [0.15, 0.2) is 0 Å². The highest BCUT2D eigenvalue weighted by atomic mass is 32.2. The summed E-state index contributed by atoms with van der Waals surface area (Å²) in [7, 11) is 1.56. The Morgan fingerprint density at radius 1 is 1.33 bits per heavy atom. The van der Waals surface area contributed by atoms with Crippen molar-refractivity contribution in [3.8, 4) is 0 Å². The molecule has 116 valence electrons. The molecule has 1 aromatic carbocycles. The van der Waals surface area contributed by atoms with Gasteiger partial charge >= 0.3 is 0 Å². The van der Waals surface area contributed by atoms with E-state index in [9.17, 15) is 4.79 Å². The van der Waals surface area contributed by atoms with Crippen molar-refractivity contribution in [2.24, 2.45) is 0 Å². The first-order chi connectivity index (χ1) is 10.2. The molecule has 0 aliphatic carbocycles. The third-order valence-electron chi connectivity index (χ3n) is 3.87. The van der Waals surface area contributed by atoms with E-state index in [2.05, 4.69) is 35.8 Å². The molecule has 0 aromatic heterocycles. The number of piperidine rings is 1. The number of rotatable bonds is 6. The summed E-state index contributed by atoms with van der Waals surface area (Å²) in [5, 5.41) is 3.59. The van der Waals surface area contributed by atoms with Crippen molar-refractivity contribution in [3.05, 3.63) is 29.8 Å². The first kappa shape index (κ1) is 16.3. The monoisotopic (exact) mass is 308 g/mol. The van der Waals surface area contributed by atoms with Crippen LogP contribution in [-0.2, 0) is 16.1 Å². The van der Waals surface area contributed by atoms with Crippen LogP contribution in [0.25, 0.3) is 0 Å². The normalized spacial score (nSPS) is 16.2. The predicted octanol–water partition coefficient (Wildman–Crippen LogP) is 2.14. The molecule has 0 bridgehead atoms. The maximum absolute atomic E-state index is 11.7. The number of carbonyl (C=O) groups excluding carboxylic acids is 1. The molecule has 1 aromatic rings. The van der Waals surface area contributed by atoms with E-state index in [1.54, 1.807) is 18.9 Å². The molecule has 1 N–H and O–H groups in total. The molecule has 1 heterocycles. The summed E-state index contributed by atoms with van der Waals surface area (Å²) < 4.78 is 4.90. The first-order valence-corrected chi connectivity index (χ1v) is 8.58. The second-order valence-corrected chi connectivity index (χ2v) is 6.20. The zero-order valence-corrected chi connectivity index (χ0v) is 13.6. The Balaban J connectivity index is 1.72. The summed E-state index contributed by atoms with van der Waals surface area (Å²) in [6.45, 7) is 2.74. The van der Waals surface area contributed by atoms with Crippen LogP contribution in [0.15, 0.2) is 29.2 Å². The Morgan fingerprint density at radius 3 is 2.57 bits per heavy atom. The van der Waals surface area contributed by atoms with E-state index in [-0.39, 0.29) is 12.5 Å². The van der Waals surface area contributed by atoms with Crippen LogP contribution >= 0.6 is 11.8 Å². The van der Waals surface area contributed by atoms with Crippen LogP contribution in [0.3, 0.4) is 0 Å². The average Bonchev–Trinajstić information content (AvgIpc) is 2.54. The van der Waals surface area contributed by atoms with E-state index >= 15 is 0 Å². The zero-order chi connectivity index (χ0) is 15.1. The number of nitrogens with one attached hydrogen (secondary N) is 1. The fourth-order valence-corrected chi connectivity index (χ4v) is 2.96. The lowest BCUT2D eigenvalue weighted by Gasteiger charge is -2.32. The van der Waals surface area contributed by atoms with E-state index in [0.29, 0.717) is 6.04 Å². The van der Waals surface area contributed by atoms with Gasteiger partial charge in [0.1, 0.15) is 6.61 Å². The molecule has 1 saturated heterocycles. The smallest absolute Gasteiger partial charge is 0.248 e. The van der Waals surface area contributed by atoms with Crippen molar-refractivity contribution in [1.29, 1.82) is 0 Å². The zero-order valence-electron chi connectivity index (χ0n) is 12.8. The van der Waals surface area contributed by atoms with Crippen LogP contribution in [0.1, 0.15) is 18.4 Å². The van der Waals surface area contributed by atoms with Crippen molar-refractivity contribution in [2.75, 3.05) is 33.1 Å². The van der Waals surface area contributed by atoms with Crippen LogP contribution in [0.5, 0.6) is 0 Å². The Bertz CT molecular complexity index is 442. The van der Waals surface area contributed by atoms with E-state index in [1.165, 1.54) is 10.5 Å². The maximum Gasteiger partial charge on any atom is 0.248 e. The summed E-state index contributed by atoms with van der Waals surface area (Å²) in [6.07, 6.45) is 4.11. The molecule has 4 nitrogen and oxygen atoms in total. The Kier molecular flexibility index (Phi) is 6.54. The number of hydrogen-bond acceptors (Lipinski definition) is 4. The lowest BCUT2D eigenvalue weighted by Crippen LogP contribution is -2.45. The third-order valence-corrected chi connectivity index (χ3v) is 4.61. The highest BCUT2D eigenvalue weighted by Gasteiger charge is 2.21. The standard InChI is InChI=1S/C16H24N2O2S/c1-20-12-16(19)18-9-7-14(8-10-18)17-11-13-3-5-15(21-2)6-4-13/h3-6,14,17H,7-12H2,1-2H3. The molecule has 1 aliphatic rings. The number of nitrogens with zero attached hydrogens (tertiary/aromatic N) is 1. The number of likely N-dealkylation sites (tertiary alicyclic amines) is 1. The lowest BCUT2D eigenvalue weighted by atomic mass is 10.0. The highest BCUT2D eigenvalue weighted by Crippen LogP contribution is 2.16. The van der Waals surface area contributed by atoms with Crippen LogP contribution in [0.2, 0.25) is 0 Å². The van der Waals surface area contributed by atoms with Gasteiger partial charge in [0, 0.05) is 37.7 Å².